The molecule has 2 aromatic rings. The van der Waals surface area contributed by atoms with E-state index >= 15 is 0 Å². The quantitative estimate of drug-likeness (QED) is 0.800. The Hall–Kier alpha value is -2.26. The first kappa shape index (κ1) is 10.3. The summed E-state index contributed by atoms with van der Waals surface area (Å²) in [6.07, 6.45) is 2.03. The zero-order valence-corrected chi connectivity index (χ0v) is 8.42. The van der Waals surface area contributed by atoms with Crippen molar-refractivity contribution in [2.45, 2.75) is 6.42 Å². The molecule has 2 heterocycles. The van der Waals surface area contributed by atoms with Crippen molar-refractivity contribution >= 4 is 0 Å². The molecule has 0 saturated heterocycles. The summed E-state index contributed by atoms with van der Waals surface area (Å²) in [5.41, 5.74) is 6.41. The molecule has 2 aromatic heterocycles. The Morgan fingerprint density at radius 1 is 1.44 bits per heavy atom. The molecular formula is C10H9N5O. The zero-order valence-electron chi connectivity index (χ0n) is 8.42. The third-order valence-electron chi connectivity index (χ3n) is 1.95. The van der Waals surface area contributed by atoms with E-state index in [2.05, 4.69) is 15.1 Å². The summed E-state index contributed by atoms with van der Waals surface area (Å²) in [6, 6.07) is 5.30. The Bertz CT molecular complexity index is 511. The molecule has 0 aromatic carbocycles. The molecule has 80 valence electrons. The van der Waals surface area contributed by atoms with Gasteiger partial charge in [-0.05, 0) is 18.7 Å². The second-order valence-corrected chi connectivity index (χ2v) is 3.10. The van der Waals surface area contributed by atoms with Crippen molar-refractivity contribution in [1.29, 1.82) is 5.26 Å². The third-order valence-corrected chi connectivity index (χ3v) is 1.95. The zero-order chi connectivity index (χ0) is 11.4. The Kier molecular flexibility index (Phi) is 2.89. The molecule has 0 amide bonds. The third kappa shape index (κ3) is 2.04. The molecule has 2 rings (SSSR count). The largest absolute Gasteiger partial charge is 0.332 e. The molecule has 0 aliphatic rings. The van der Waals surface area contributed by atoms with Gasteiger partial charge in [-0.1, -0.05) is 5.16 Å². The van der Waals surface area contributed by atoms with Crippen LogP contribution in [0.5, 0.6) is 0 Å². The van der Waals surface area contributed by atoms with Crippen molar-refractivity contribution in [2.24, 2.45) is 5.73 Å². The van der Waals surface area contributed by atoms with Crippen molar-refractivity contribution in [3.63, 3.8) is 0 Å². The van der Waals surface area contributed by atoms with E-state index in [0.29, 0.717) is 35.9 Å². The summed E-state index contributed by atoms with van der Waals surface area (Å²) < 4.78 is 5.01. The van der Waals surface area contributed by atoms with Crippen molar-refractivity contribution < 1.29 is 4.52 Å². The van der Waals surface area contributed by atoms with Crippen LogP contribution >= 0.6 is 0 Å². The van der Waals surface area contributed by atoms with E-state index < -0.39 is 0 Å². The van der Waals surface area contributed by atoms with Crippen LogP contribution in [0, 0.1) is 11.3 Å². The number of rotatable bonds is 3. The summed E-state index contributed by atoms with van der Waals surface area (Å²) in [6.45, 7) is 0.472. The Balaban J connectivity index is 2.25. The topological polar surface area (TPSA) is 102 Å². The molecule has 16 heavy (non-hydrogen) atoms. The summed E-state index contributed by atoms with van der Waals surface area (Å²) in [5, 5.41) is 12.4. The number of nitrogens with two attached hydrogens (primary N) is 1. The van der Waals surface area contributed by atoms with Crippen molar-refractivity contribution in [1.82, 2.24) is 15.1 Å². The van der Waals surface area contributed by atoms with Gasteiger partial charge in [-0.15, -0.1) is 0 Å². The van der Waals surface area contributed by atoms with Gasteiger partial charge in [0.25, 0.3) is 5.89 Å². The van der Waals surface area contributed by atoms with Crippen LogP contribution in [0.2, 0.25) is 0 Å². The van der Waals surface area contributed by atoms with Gasteiger partial charge in [0, 0.05) is 12.6 Å². The van der Waals surface area contributed by atoms with Gasteiger partial charge in [-0.25, -0.2) is 4.98 Å². The molecule has 0 bridgehead atoms. The Morgan fingerprint density at radius 3 is 2.94 bits per heavy atom. The average molecular weight is 215 g/mol. The SMILES string of the molecule is N#Cc1ccc(-c2nc(CCN)no2)nc1. The molecule has 6 heteroatoms. The number of hydrogen-bond acceptors (Lipinski definition) is 6. The summed E-state index contributed by atoms with van der Waals surface area (Å²) in [7, 11) is 0. The van der Waals surface area contributed by atoms with Crippen LogP contribution in [0.15, 0.2) is 22.9 Å². The highest BCUT2D eigenvalue weighted by Gasteiger charge is 2.09. The van der Waals surface area contributed by atoms with Crippen LogP contribution in [0.3, 0.4) is 0 Å². The lowest BCUT2D eigenvalue weighted by molar-refractivity contribution is 0.421. The van der Waals surface area contributed by atoms with E-state index in [4.69, 9.17) is 15.5 Å². The van der Waals surface area contributed by atoms with Crippen molar-refractivity contribution in [3.05, 3.63) is 29.7 Å². The predicted molar refractivity (Wildman–Crippen MR) is 55.0 cm³/mol. The van der Waals surface area contributed by atoms with Crippen LogP contribution in [0.25, 0.3) is 11.6 Å². The summed E-state index contributed by atoms with van der Waals surface area (Å²) >= 11 is 0. The fourth-order valence-corrected chi connectivity index (χ4v) is 1.18. The van der Waals surface area contributed by atoms with Crippen LogP contribution < -0.4 is 5.73 Å². The van der Waals surface area contributed by atoms with Crippen molar-refractivity contribution in [2.75, 3.05) is 6.54 Å². The second kappa shape index (κ2) is 4.51. The van der Waals surface area contributed by atoms with Crippen LogP contribution in [-0.2, 0) is 6.42 Å². The fraction of sp³-hybridized carbons (Fsp3) is 0.200. The van der Waals surface area contributed by atoms with Gasteiger partial charge in [-0.2, -0.15) is 10.2 Å². The van der Waals surface area contributed by atoms with Crippen LogP contribution in [-0.4, -0.2) is 21.7 Å². The molecule has 0 atom stereocenters. The molecule has 0 radical (unpaired) electrons. The maximum Gasteiger partial charge on any atom is 0.276 e. The van der Waals surface area contributed by atoms with E-state index in [1.54, 1.807) is 12.1 Å². The standard InChI is InChI=1S/C10H9N5O/c11-4-3-9-14-10(16-15-9)8-2-1-7(5-12)6-13-8/h1-2,6H,3-4,11H2. The highest BCUT2D eigenvalue weighted by Crippen LogP contribution is 2.14. The molecule has 0 aliphatic carbocycles. The molecule has 6 nitrogen and oxygen atoms in total. The number of hydrogen-bond donors (Lipinski definition) is 1. The van der Waals surface area contributed by atoms with E-state index in [1.165, 1.54) is 6.20 Å². The Morgan fingerprint density at radius 2 is 2.31 bits per heavy atom. The highest BCUT2D eigenvalue weighted by atomic mass is 16.5. The van der Waals surface area contributed by atoms with Gasteiger partial charge in [0.1, 0.15) is 11.8 Å². The Labute approximate surface area is 91.7 Å². The van der Waals surface area contributed by atoms with Crippen LogP contribution in [0.4, 0.5) is 0 Å². The van der Waals surface area contributed by atoms with E-state index in [-0.39, 0.29) is 0 Å². The minimum Gasteiger partial charge on any atom is -0.332 e. The van der Waals surface area contributed by atoms with Crippen molar-refractivity contribution in [3.8, 4) is 17.7 Å². The molecule has 0 fully saturated rings. The normalized spacial score (nSPS) is 10.0. The number of nitriles is 1. The first-order valence-corrected chi connectivity index (χ1v) is 4.72. The van der Waals surface area contributed by atoms with Gasteiger partial charge in [-0.3, -0.25) is 0 Å². The van der Waals surface area contributed by atoms with E-state index in [1.807, 2.05) is 6.07 Å². The molecule has 0 aliphatic heterocycles. The maximum absolute atomic E-state index is 8.62. The van der Waals surface area contributed by atoms with Crippen LogP contribution in [0.1, 0.15) is 11.4 Å². The second-order valence-electron chi connectivity index (χ2n) is 3.10. The van der Waals surface area contributed by atoms with Gasteiger partial charge in [0.2, 0.25) is 0 Å². The van der Waals surface area contributed by atoms with E-state index in [9.17, 15) is 0 Å². The lowest BCUT2D eigenvalue weighted by atomic mass is 10.3. The monoisotopic (exact) mass is 215 g/mol. The van der Waals surface area contributed by atoms with E-state index in [0.717, 1.165) is 0 Å². The van der Waals surface area contributed by atoms with Gasteiger partial charge >= 0.3 is 0 Å². The summed E-state index contributed by atoms with van der Waals surface area (Å²) in [5.74, 6) is 0.900. The molecule has 2 N–H and O–H groups in total. The maximum atomic E-state index is 8.62. The average Bonchev–Trinajstić information content (AvgIpc) is 2.78. The molecule has 0 saturated carbocycles. The lowest BCUT2D eigenvalue weighted by Gasteiger charge is -1.92. The number of pyridine rings is 1. The number of nitrogens with zero attached hydrogens (tertiary/aromatic N) is 4. The fourth-order valence-electron chi connectivity index (χ4n) is 1.18. The first-order valence-electron chi connectivity index (χ1n) is 4.72. The highest BCUT2D eigenvalue weighted by molar-refractivity contribution is 5.47. The lowest BCUT2D eigenvalue weighted by Crippen LogP contribution is -2.03. The molecular weight excluding hydrogens is 206 g/mol. The molecule has 0 spiro atoms. The minimum absolute atomic E-state index is 0.341. The smallest absolute Gasteiger partial charge is 0.276 e. The first-order chi connectivity index (χ1) is 7.83. The summed E-state index contributed by atoms with van der Waals surface area (Å²) in [4.78, 5) is 8.17. The number of aromatic nitrogens is 3. The minimum atomic E-state index is 0.341. The van der Waals surface area contributed by atoms with Gasteiger partial charge in [0.05, 0.1) is 5.56 Å². The van der Waals surface area contributed by atoms with Gasteiger partial charge in [0.15, 0.2) is 5.82 Å². The molecule has 0 unspecified atom stereocenters. The van der Waals surface area contributed by atoms with Gasteiger partial charge < -0.3 is 10.3 Å². The predicted octanol–water partition coefficient (Wildman–Crippen LogP) is 0.504.